The highest BCUT2D eigenvalue weighted by Gasteiger charge is 2.11. The predicted octanol–water partition coefficient (Wildman–Crippen LogP) is 3.91. The Hall–Kier alpha value is -1.84. The van der Waals surface area contributed by atoms with E-state index in [0.29, 0.717) is 0 Å². The second-order valence-corrected chi connectivity index (χ2v) is 6.35. The summed E-state index contributed by atoms with van der Waals surface area (Å²) in [5, 5.41) is 2.74. The summed E-state index contributed by atoms with van der Waals surface area (Å²) < 4.78 is 7.91. The maximum absolute atomic E-state index is 5.42. The largest absolute Gasteiger partial charge is 0.379 e. The minimum absolute atomic E-state index is 0.896. The molecule has 2 heterocycles. The van der Waals surface area contributed by atoms with E-state index >= 15 is 0 Å². The van der Waals surface area contributed by atoms with E-state index in [0.717, 1.165) is 32.8 Å². The summed E-state index contributed by atoms with van der Waals surface area (Å²) in [4.78, 5) is 2.52. The van der Waals surface area contributed by atoms with Gasteiger partial charge in [0.1, 0.15) is 0 Å². The molecule has 4 rings (SSSR count). The van der Waals surface area contributed by atoms with Gasteiger partial charge in [-0.25, -0.2) is 0 Å². The van der Waals surface area contributed by atoms with Crippen molar-refractivity contribution in [1.29, 1.82) is 0 Å². The molecule has 0 aliphatic carbocycles. The number of morpholine rings is 1. The Morgan fingerprint density at radius 1 is 0.739 bits per heavy atom. The van der Waals surface area contributed by atoms with Crippen molar-refractivity contribution in [3.63, 3.8) is 0 Å². The van der Waals surface area contributed by atoms with Crippen LogP contribution in [0.5, 0.6) is 0 Å². The summed E-state index contributed by atoms with van der Waals surface area (Å²) in [6.07, 6.45) is 2.47. The molecule has 1 aliphatic rings. The number of para-hydroxylation sites is 2. The summed E-state index contributed by atoms with van der Waals surface area (Å²) in [6.45, 7) is 6.27. The molecule has 0 bridgehead atoms. The molecule has 3 aromatic rings. The van der Waals surface area contributed by atoms with Crippen LogP contribution in [0.25, 0.3) is 21.8 Å². The van der Waals surface area contributed by atoms with Crippen molar-refractivity contribution < 1.29 is 4.74 Å². The molecule has 1 aromatic heterocycles. The lowest BCUT2D eigenvalue weighted by molar-refractivity contribution is 0.0371. The molecule has 0 N–H and O–H groups in total. The average molecular weight is 308 g/mol. The fraction of sp³-hybridized carbons (Fsp3) is 0.400. The Balaban J connectivity index is 1.49. The molecule has 0 amide bonds. The quantitative estimate of drug-likeness (QED) is 0.665. The van der Waals surface area contributed by atoms with Crippen LogP contribution in [0.15, 0.2) is 48.5 Å². The number of nitrogens with zero attached hydrogens (tertiary/aromatic N) is 2. The third kappa shape index (κ3) is 2.99. The zero-order valence-electron chi connectivity index (χ0n) is 13.6. The van der Waals surface area contributed by atoms with Crippen LogP contribution in [0.2, 0.25) is 0 Å². The van der Waals surface area contributed by atoms with Crippen LogP contribution in [-0.4, -0.2) is 42.3 Å². The first kappa shape index (κ1) is 14.7. The first-order valence-electron chi connectivity index (χ1n) is 8.69. The van der Waals surface area contributed by atoms with Gasteiger partial charge in [0.25, 0.3) is 0 Å². The molecule has 0 radical (unpaired) electrons. The number of unbranched alkanes of at least 4 members (excludes halogenated alkanes) is 1. The maximum Gasteiger partial charge on any atom is 0.0594 e. The highest BCUT2D eigenvalue weighted by atomic mass is 16.5. The first-order valence-corrected chi connectivity index (χ1v) is 8.69. The van der Waals surface area contributed by atoms with E-state index in [1.165, 1.54) is 41.2 Å². The number of aryl methyl sites for hydroxylation is 1. The van der Waals surface area contributed by atoms with E-state index in [1.807, 2.05) is 0 Å². The molecule has 3 nitrogen and oxygen atoms in total. The molecular formula is C20H24N2O. The number of benzene rings is 2. The van der Waals surface area contributed by atoms with Crippen molar-refractivity contribution in [2.24, 2.45) is 0 Å². The Bertz CT molecular complexity index is 733. The van der Waals surface area contributed by atoms with Gasteiger partial charge in [0.2, 0.25) is 0 Å². The van der Waals surface area contributed by atoms with Gasteiger partial charge in [-0.3, -0.25) is 4.90 Å². The lowest BCUT2D eigenvalue weighted by Crippen LogP contribution is -2.36. The van der Waals surface area contributed by atoms with Crippen molar-refractivity contribution in [2.75, 3.05) is 32.8 Å². The molecule has 1 saturated heterocycles. The van der Waals surface area contributed by atoms with Gasteiger partial charge in [-0.1, -0.05) is 36.4 Å². The van der Waals surface area contributed by atoms with Gasteiger partial charge in [0.15, 0.2) is 0 Å². The highest BCUT2D eigenvalue weighted by molar-refractivity contribution is 6.07. The Morgan fingerprint density at radius 2 is 1.30 bits per heavy atom. The Labute approximate surface area is 137 Å². The topological polar surface area (TPSA) is 17.4 Å². The van der Waals surface area contributed by atoms with Gasteiger partial charge >= 0.3 is 0 Å². The van der Waals surface area contributed by atoms with Crippen LogP contribution in [-0.2, 0) is 11.3 Å². The Morgan fingerprint density at radius 3 is 1.96 bits per heavy atom. The molecule has 0 atom stereocenters. The molecule has 0 unspecified atom stereocenters. The SMILES string of the molecule is c1ccc2c(c1)c1ccccc1n2CCCCN1CCOCC1. The zero-order valence-corrected chi connectivity index (χ0v) is 13.6. The van der Waals surface area contributed by atoms with Gasteiger partial charge in [-0.05, 0) is 31.5 Å². The van der Waals surface area contributed by atoms with E-state index in [4.69, 9.17) is 4.74 Å². The smallest absolute Gasteiger partial charge is 0.0594 e. The lowest BCUT2D eigenvalue weighted by atomic mass is 10.2. The summed E-state index contributed by atoms with van der Waals surface area (Å²) in [5.41, 5.74) is 2.72. The number of rotatable bonds is 5. The monoisotopic (exact) mass is 308 g/mol. The molecule has 23 heavy (non-hydrogen) atoms. The van der Waals surface area contributed by atoms with Crippen LogP contribution in [0.1, 0.15) is 12.8 Å². The van der Waals surface area contributed by atoms with Gasteiger partial charge in [-0.15, -0.1) is 0 Å². The molecule has 1 fully saturated rings. The van der Waals surface area contributed by atoms with Crippen molar-refractivity contribution in [2.45, 2.75) is 19.4 Å². The van der Waals surface area contributed by atoms with Crippen LogP contribution in [0.3, 0.4) is 0 Å². The zero-order chi connectivity index (χ0) is 15.5. The van der Waals surface area contributed by atoms with Crippen LogP contribution in [0.4, 0.5) is 0 Å². The summed E-state index contributed by atoms with van der Waals surface area (Å²) >= 11 is 0. The van der Waals surface area contributed by atoms with Crippen LogP contribution < -0.4 is 0 Å². The summed E-state index contributed by atoms with van der Waals surface area (Å²) in [5.74, 6) is 0. The number of hydrogen-bond donors (Lipinski definition) is 0. The Kier molecular flexibility index (Phi) is 4.31. The van der Waals surface area contributed by atoms with Crippen LogP contribution >= 0.6 is 0 Å². The third-order valence-electron chi connectivity index (χ3n) is 4.89. The number of hydrogen-bond acceptors (Lipinski definition) is 2. The van der Waals surface area contributed by atoms with Gasteiger partial charge in [0, 0.05) is 41.4 Å². The fourth-order valence-corrected chi connectivity index (χ4v) is 3.67. The van der Waals surface area contributed by atoms with Crippen molar-refractivity contribution in [3.05, 3.63) is 48.5 Å². The normalized spacial score (nSPS) is 16.3. The van der Waals surface area contributed by atoms with E-state index in [9.17, 15) is 0 Å². The number of aromatic nitrogens is 1. The average Bonchev–Trinajstić information content (AvgIpc) is 2.94. The van der Waals surface area contributed by atoms with Gasteiger partial charge in [0.05, 0.1) is 13.2 Å². The predicted molar refractivity (Wildman–Crippen MR) is 95.9 cm³/mol. The molecular weight excluding hydrogens is 284 g/mol. The molecule has 1 aliphatic heterocycles. The lowest BCUT2D eigenvalue weighted by Gasteiger charge is -2.26. The van der Waals surface area contributed by atoms with Gasteiger partial charge < -0.3 is 9.30 Å². The second-order valence-electron chi connectivity index (χ2n) is 6.35. The molecule has 3 heteroatoms. The minimum atomic E-state index is 0.896. The van der Waals surface area contributed by atoms with Gasteiger partial charge in [-0.2, -0.15) is 0 Å². The standard InChI is InChI=1S/C20H24N2O/c1-3-9-19-17(7-1)18-8-2-4-10-20(18)22(19)12-6-5-11-21-13-15-23-16-14-21/h1-4,7-10H,5-6,11-16H2. The number of fused-ring (bicyclic) bond motifs is 3. The second kappa shape index (κ2) is 6.73. The maximum atomic E-state index is 5.42. The van der Waals surface area contributed by atoms with Crippen LogP contribution in [0, 0.1) is 0 Å². The molecule has 2 aromatic carbocycles. The first-order chi connectivity index (χ1) is 11.4. The van der Waals surface area contributed by atoms with Crippen molar-refractivity contribution in [1.82, 2.24) is 9.47 Å². The summed E-state index contributed by atoms with van der Waals surface area (Å²) in [6, 6.07) is 17.5. The minimum Gasteiger partial charge on any atom is -0.379 e. The molecule has 120 valence electrons. The van der Waals surface area contributed by atoms with Crippen molar-refractivity contribution >= 4 is 21.8 Å². The van der Waals surface area contributed by atoms with E-state index < -0.39 is 0 Å². The molecule has 0 saturated carbocycles. The van der Waals surface area contributed by atoms with Crippen molar-refractivity contribution in [3.8, 4) is 0 Å². The fourth-order valence-electron chi connectivity index (χ4n) is 3.67. The van der Waals surface area contributed by atoms with E-state index in [-0.39, 0.29) is 0 Å². The number of ether oxygens (including phenoxy) is 1. The third-order valence-corrected chi connectivity index (χ3v) is 4.89. The highest BCUT2D eigenvalue weighted by Crippen LogP contribution is 2.28. The molecule has 0 spiro atoms. The summed E-state index contributed by atoms with van der Waals surface area (Å²) in [7, 11) is 0. The van der Waals surface area contributed by atoms with E-state index in [1.54, 1.807) is 0 Å². The van der Waals surface area contributed by atoms with E-state index in [2.05, 4.69) is 58.0 Å².